The Morgan fingerprint density at radius 1 is 1.42 bits per heavy atom. The summed E-state index contributed by atoms with van der Waals surface area (Å²) in [6.07, 6.45) is 0.0314. The molecule has 8 heteroatoms. The van der Waals surface area contributed by atoms with Crippen LogP contribution in [0.2, 0.25) is 0 Å². The number of nitrogens with zero attached hydrogens (tertiary/aromatic N) is 1. The average Bonchev–Trinajstić information content (AvgIpc) is 2.32. The van der Waals surface area contributed by atoms with Crippen LogP contribution in [-0.2, 0) is 14.8 Å². The Bertz CT molecular complexity index is 573. The molecule has 0 aliphatic heterocycles. The first kappa shape index (κ1) is 15.4. The molecule has 0 bridgehead atoms. The molecule has 6 nitrogen and oxygen atoms in total. The zero-order valence-corrected chi connectivity index (χ0v) is 11.5. The lowest BCUT2D eigenvalue weighted by Gasteiger charge is -2.11. The molecule has 1 rings (SSSR count). The molecular formula is C11H16FN3O3S. The van der Waals surface area contributed by atoms with Crippen LogP contribution in [0.1, 0.15) is 6.42 Å². The second-order valence-corrected chi connectivity index (χ2v) is 5.89. The van der Waals surface area contributed by atoms with Crippen molar-refractivity contribution < 1.29 is 17.6 Å². The fraction of sp³-hybridized carbons (Fsp3) is 0.364. The number of hydrogen-bond donors (Lipinski definition) is 2. The molecule has 1 aromatic carbocycles. The van der Waals surface area contributed by atoms with Crippen LogP contribution < -0.4 is 10.5 Å². The highest BCUT2D eigenvalue weighted by atomic mass is 32.2. The number of sulfonamides is 1. The smallest absolute Gasteiger partial charge is 0.240 e. The maximum atomic E-state index is 13.2. The molecule has 0 aliphatic rings. The van der Waals surface area contributed by atoms with Crippen molar-refractivity contribution in [3.05, 3.63) is 24.0 Å². The van der Waals surface area contributed by atoms with Crippen molar-refractivity contribution in [2.45, 2.75) is 11.3 Å². The van der Waals surface area contributed by atoms with Gasteiger partial charge in [-0.2, -0.15) is 0 Å². The highest BCUT2D eigenvalue weighted by Gasteiger charge is 2.16. The zero-order valence-electron chi connectivity index (χ0n) is 10.7. The fourth-order valence-electron chi connectivity index (χ4n) is 1.27. The van der Waals surface area contributed by atoms with E-state index in [9.17, 15) is 17.6 Å². The van der Waals surface area contributed by atoms with Crippen molar-refractivity contribution in [2.24, 2.45) is 0 Å². The Balaban J connectivity index is 2.71. The summed E-state index contributed by atoms with van der Waals surface area (Å²) in [5, 5.41) is 0. The molecule has 3 N–H and O–H groups in total. The number of rotatable bonds is 5. The van der Waals surface area contributed by atoms with Gasteiger partial charge in [-0.1, -0.05) is 0 Å². The predicted molar refractivity (Wildman–Crippen MR) is 69.3 cm³/mol. The highest BCUT2D eigenvalue weighted by Crippen LogP contribution is 2.15. The van der Waals surface area contributed by atoms with Crippen molar-refractivity contribution in [1.82, 2.24) is 9.62 Å². The molecule has 0 atom stereocenters. The van der Waals surface area contributed by atoms with Gasteiger partial charge in [-0.3, -0.25) is 4.79 Å². The minimum atomic E-state index is -3.84. The molecule has 0 unspecified atom stereocenters. The summed E-state index contributed by atoms with van der Waals surface area (Å²) in [7, 11) is -0.686. The minimum Gasteiger partial charge on any atom is -0.396 e. The zero-order chi connectivity index (χ0) is 14.6. The number of amides is 1. The Morgan fingerprint density at radius 3 is 2.58 bits per heavy atom. The van der Waals surface area contributed by atoms with E-state index in [1.807, 2.05) is 0 Å². The molecule has 0 radical (unpaired) electrons. The Morgan fingerprint density at radius 2 is 2.05 bits per heavy atom. The van der Waals surface area contributed by atoms with Gasteiger partial charge in [0.25, 0.3) is 0 Å². The summed E-state index contributed by atoms with van der Waals surface area (Å²) in [4.78, 5) is 12.4. The lowest BCUT2D eigenvalue weighted by Crippen LogP contribution is -2.30. The van der Waals surface area contributed by atoms with Crippen LogP contribution in [0, 0.1) is 5.82 Å². The molecule has 1 amide bonds. The van der Waals surface area contributed by atoms with Crippen LogP contribution >= 0.6 is 0 Å². The van der Waals surface area contributed by atoms with E-state index in [1.54, 1.807) is 14.1 Å². The van der Waals surface area contributed by atoms with Crippen molar-refractivity contribution in [3.63, 3.8) is 0 Å². The number of hydrogen-bond acceptors (Lipinski definition) is 4. The molecule has 0 aromatic heterocycles. The van der Waals surface area contributed by atoms with Crippen molar-refractivity contribution in [1.29, 1.82) is 0 Å². The summed E-state index contributed by atoms with van der Waals surface area (Å²) < 4.78 is 39.0. The summed E-state index contributed by atoms with van der Waals surface area (Å²) in [5.74, 6) is -1.00. The topological polar surface area (TPSA) is 92.5 Å². The van der Waals surface area contributed by atoms with Gasteiger partial charge < -0.3 is 10.6 Å². The number of benzene rings is 1. The van der Waals surface area contributed by atoms with Crippen LogP contribution in [-0.4, -0.2) is 39.9 Å². The molecule has 0 heterocycles. The van der Waals surface area contributed by atoms with Gasteiger partial charge in [0.15, 0.2) is 0 Å². The summed E-state index contributed by atoms with van der Waals surface area (Å²) in [6.45, 7) is -0.0503. The van der Waals surface area contributed by atoms with Gasteiger partial charge in [0.1, 0.15) is 5.82 Å². The summed E-state index contributed by atoms with van der Waals surface area (Å²) in [5.41, 5.74) is 5.14. The van der Waals surface area contributed by atoms with Gasteiger partial charge in [-0.05, 0) is 18.2 Å². The van der Waals surface area contributed by atoms with E-state index in [0.717, 1.165) is 6.07 Å². The van der Waals surface area contributed by atoms with E-state index in [-0.39, 0.29) is 29.5 Å². The largest absolute Gasteiger partial charge is 0.396 e. The van der Waals surface area contributed by atoms with Crippen molar-refractivity contribution >= 4 is 21.6 Å². The molecule has 1 aromatic rings. The molecule has 0 saturated carbocycles. The maximum Gasteiger partial charge on any atom is 0.240 e. The van der Waals surface area contributed by atoms with Gasteiger partial charge in [-0.15, -0.1) is 0 Å². The van der Waals surface area contributed by atoms with E-state index in [0.29, 0.717) is 0 Å². The third kappa shape index (κ3) is 4.18. The van der Waals surface area contributed by atoms with Gasteiger partial charge in [0.2, 0.25) is 15.9 Å². The number of nitrogen functional groups attached to an aromatic ring is 1. The third-order valence-corrected chi connectivity index (χ3v) is 3.87. The van der Waals surface area contributed by atoms with Gasteiger partial charge in [0.05, 0.1) is 10.6 Å². The number of halogens is 1. The molecule has 0 saturated heterocycles. The Labute approximate surface area is 111 Å². The number of nitrogens with one attached hydrogen (secondary N) is 1. The Kier molecular flexibility index (Phi) is 4.84. The predicted octanol–water partition coefficient (Wildman–Crippen LogP) is 0.164. The van der Waals surface area contributed by atoms with E-state index in [2.05, 4.69) is 4.72 Å². The number of nitrogens with two attached hydrogens (primary N) is 1. The standard InChI is InChI=1S/C11H16FN3O3S/c1-15(2)11(16)5-6-14-19(17,18)8-3-4-10(13)9(12)7-8/h3-4,7,14H,5-6,13H2,1-2H3. The van der Waals surface area contributed by atoms with E-state index in [4.69, 9.17) is 5.73 Å². The van der Waals surface area contributed by atoms with Gasteiger partial charge in [-0.25, -0.2) is 17.5 Å². The van der Waals surface area contributed by atoms with Gasteiger partial charge >= 0.3 is 0 Å². The Hall–Kier alpha value is -1.67. The number of carbonyl (C=O) groups excluding carboxylic acids is 1. The first-order valence-electron chi connectivity index (χ1n) is 5.49. The summed E-state index contributed by atoms with van der Waals surface area (Å²) >= 11 is 0. The first-order chi connectivity index (χ1) is 8.74. The molecular weight excluding hydrogens is 273 g/mol. The quantitative estimate of drug-likeness (QED) is 0.755. The van der Waals surface area contributed by atoms with E-state index >= 15 is 0 Å². The SMILES string of the molecule is CN(C)C(=O)CCNS(=O)(=O)c1ccc(N)c(F)c1. The van der Waals surface area contributed by atoms with E-state index in [1.165, 1.54) is 17.0 Å². The minimum absolute atomic E-state index is 0.0314. The molecule has 0 spiro atoms. The average molecular weight is 289 g/mol. The first-order valence-corrected chi connectivity index (χ1v) is 6.97. The lowest BCUT2D eigenvalue weighted by atomic mass is 10.3. The molecule has 0 aliphatic carbocycles. The molecule has 106 valence electrons. The van der Waals surface area contributed by atoms with Crippen LogP contribution in [0.25, 0.3) is 0 Å². The van der Waals surface area contributed by atoms with E-state index < -0.39 is 15.8 Å². The lowest BCUT2D eigenvalue weighted by molar-refractivity contribution is -0.128. The van der Waals surface area contributed by atoms with Crippen LogP contribution in [0.4, 0.5) is 10.1 Å². The third-order valence-electron chi connectivity index (χ3n) is 2.41. The van der Waals surface area contributed by atoms with Crippen molar-refractivity contribution in [2.75, 3.05) is 26.4 Å². The highest BCUT2D eigenvalue weighted by molar-refractivity contribution is 7.89. The van der Waals surface area contributed by atoms with Crippen LogP contribution in [0.15, 0.2) is 23.1 Å². The fourth-order valence-corrected chi connectivity index (χ4v) is 2.32. The van der Waals surface area contributed by atoms with Gasteiger partial charge in [0, 0.05) is 27.1 Å². The second-order valence-electron chi connectivity index (χ2n) is 4.12. The second kappa shape index (κ2) is 5.98. The van der Waals surface area contributed by atoms with Crippen molar-refractivity contribution in [3.8, 4) is 0 Å². The maximum absolute atomic E-state index is 13.2. The molecule has 0 fully saturated rings. The number of carbonyl (C=O) groups is 1. The van der Waals surface area contributed by atoms with Crippen LogP contribution in [0.3, 0.4) is 0 Å². The van der Waals surface area contributed by atoms with Crippen LogP contribution in [0.5, 0.6) is 0 Å². The molecule has 19 heavy (non-hydrogen) atoms. The summed E-state index contributed by atoms with van der Waals surface area (Å²) in [6, 6.07) is 3.22. The monoisotopic (exact) mass is 289 g/mol. The normalized spacial score (nSPS) is 11.3. The number of anilines is 1.